The Bertz CT molecular complexity index is 636. The molecular formula is C15H21N5O. The van der Waals surface area contributed by atoms with Gasteiger partial charge in [0.05, 0.1) is 11.4 Å². The molecule has 0 saturated heterocycles. The number of aliphatic hydroxyl groups excluding tert-OH is 1. The summed E-state index contributed by atoms with van der Waals surface area (Å²) >= 11 is 0. The molecule has 0 aromatic carbocycles. The van der Waals surface area contributed by atoms with Crippen molar-refractivity contribution < 1.29 is 5.11 Å². The summed E-state index contributed by atoms with van der Waals surface area (Å²) in [6, 6.07) is 2.55. The molecule has 2 atom stereocenters. The number of anilines is 1. The van der Waals surface area contributed by atoms with Gasteiger partial charge in [-0.2, -0.15) is 9.61 Å². The highest BCUT2D eigenvalue weighted by Crippen LogP contribution is 2.40. The number of aliphatic hydroxyl groups is 1. The zero-order valence-electron chi connectivity index (χ0n) is 12.1. The van der Waals surface area contributed by atoms with Crippen molar-refractivity contribution in [3.63, 3.8) is 0 Å². The molecule has 2 aliphatic rings. The first-order valence-electron chi connectivity index (χ1n) is 7.92. The smallest absolute Gasteiger partial charge is 0.200 e. The zero-order chi connectivity index (χ0) is 14.2. The first-order valence-corrected chi connectivity index (χ1v) is 7.92. The number of nitrogens with one attached hydrogen (secondary N) is 1. The molecule has 0 bridgehead atoms. The van der Waals surface area contributed by atoms with Crippen LogP contribution in [0.3, 0.4) is 0 Å². The van der Waals surface area contributed by atoms with Crippen LogP contribution in [0.2, 0.25) is 0 Å². The predicted molar refractivity (Wildman–Crippen MR) is 79.2 cm³/mol. The molecule has 2 heterocycles. The fourth-order valence-corrected chi connectivity index (χ4v) is 3.34. The topological polar surface area (TPSA) is 75.3 Å². The molecule has 6 nitrogen and oxygen atoms in total. The maximum atomic E-state index is 9.37. The average Bonchev–Trinajstić information content (AvgIpc) is 3.25. The van der Waals surface area contributed by atoms with Crippen molar-refractivity contribution in [1.29, 1.82) is 0 Å². The number of rotatable bonds is 4. The summed E-state index contributed by atoms with van der Waals surface area (Å²) < 4.78 is 1.78. The highest BCUT2D eigenvalue weighted by atomic mass is 16.3. The van der Waals surface area contributed by atoms with E-state index in [1.54, 1.807) is 10.8 Å². The van der Waals surface area contributed by atoms with Crippen LogP contribution in [0.15, 0.2) is 12.4 Å². The highest BCUT2D eigenvalue weighted by molar-refractivity contribution is 5.67. The maximum absolute atomic E-state index is 9.37. The van der Waals surface area contributed by atoms with E-state index in [0.717, 1.165) is 36.3 Å². The van der Waals surface area contributed by atoms with E-state index in [0.29, 0.717) is 24.5 Å². The molecule has 2 N–H and O–H groups in total. The van der Waals surface area contributed by atoms with E-state index in [1.807, 2.05) is 0 Å². The van der Waals surface area contributed by atoms with E-state index in [2.05, 4.69) is 26.7 Å². The Balaban J connectivity index is 1.61. The van der Waals surface area contributed by atoms with Gasteiger partial charge in [0.1, 0.15) is 6.33 Å². The van der Waals surface area contributed by atoms with Gasteiger partial charge in [0, 0.05) is 18.6 Å². The van der Waals surface area contributed by atoms with E-state index in [4.69, 9.17) is 0 Å². The van der Waals surface area contributed by atoms with Gasteiger partial charge in [-0.25, -0.2) is 0 Å². The van der Waals surface area contributed by atoms with Crippen LogP contribution in [0.25, 0.3) is 5.65 Å². The van der Waals surface area contributed by atoms with Crippen LogP contribution in [0, 0.1) is 5.92 Å². The van der Waals surface area contributed by atoms with Gasteiger partial charge in [0.25, 0.3) is 0 Å². The molecule has 6 heteroatoms. The minimum absolute atomic E-state index is 0.294. The number of fused-ring (bicyclic) bond motifs is 1. The fourth-order valence-electron chi connectivity index (χ4n) is 3.34. The van der Waals surface area contributed by atoms with Gasteiger partial charge in [0.2, 0.25) is 5.65 Å². The lowest BCUT2D eigenvalue weighted by Gasteiger charge is -2.29. The van der Waals surface area contributed by atoms with Gasteiger partial charge in [-0.15, -0.1) is 10.2 Å². The number of hydrogen-bond acceptors (Lipinski definition) is 5. The number of nitrogens with zero attached hydrogens (tertiary/aromatic N) is 4. The van der Waals surface area contributed by atoms with E-state index in [1.165, 1.54) is 19.3 Å². The monoisotopic (exact) mass is 287 g/mol. The molecule has 2 aliphatic carbocycles. The summed E-state index contributed by atoms with van der Waals surface area (Å²) in [6.07, 6.45) is 8.62. The summed E-state index contributed by atoms with van der Waals surface area (Å²) in [4.78, 5) is 0. The van der Waals surface area contributed by atoms with E-state index in [-0.39, 0.29) is 0 Å². The standard InChI is InChI=1S/C15H21N5O/c21-8-10-2-1-3-12(6-10)17-14-7-13(11-4-5-11)19-20-9-16-18-15(14)20/h7,9-12,17,21H,1-6,8H2/t10-,12-/m1/s1. The van der Waals surface area contributed by atoms with Crippen molar-refractivity contribution >= 4 is 11.3 Å². The molecule has 0 radical (unpaired) electrons. The Morgan fingerprint density at radius 2 is 2.19 bits per heavy atom. The van der Waals surface area contributed by atoms with Gasteiger partial charge in [-0.3, -0.25) is 0 Å². The van der Waals surface area contributed by atoms with Crippen LogP contribution in [0.4, 0.5) is 5.69 Å². The van der Waals surface area contributed by atoms with E-state index >= 15 is 0 Å². The molecular weight excluding hydrogens is 266 g/mol. The summed E-state index contributed by atoms with van der Waals surface area (Å²) in [5.41, 5.74) is 2.97. The first kappa shape index (κ1) is 13.0. The predicted octanol–water partition coefficient (Wildman–Crippen LogP) is 1.96. The van der Waals surface area contributed by atoms with Gasteiger partial charge in [-0.05, 0) is 44.1 Å². The van der Waals surface area contributed by atoms with Crippen molar-refractivity contribution in [3.05, 3.63) is 18.1 Å². The molecule has 2 fully saturated rings. The normalized spacial score (nSPS) is 26.1. The lowest BCUT2D eigenvalue weighted by Crippen LogP contribution is -2.29. The summed E-state index contributed by atoms with van der Waals surface area (Å²) in [5, 5.41) is 25.8. The number of aromatic nitrogens is 4. The fraction of sp³-hybridized carbons (Fsp3) is 0.667. The van der Waals surface area contributed by atoms with Crippen LogP contribution in [0.1, 0.15) is 50.1 Å². The lowest BCUT2D eigenvalue weighted by molar-refractivity contribution is 0.184. The molecule has 2 saturated carbocycles. The molecule has 2 aromatic heterocycles. The van der Waals surface area contributed by atoms with Crippen LogP contribution in [-0.2, 0) is 0 Å². The first-order chi connectivity index (χ1) is 10.3. The van der Waals surface area contributed by atoms with Crippen LogP contribution in [-0.4, -0.2) is 37.6 Å². The van der Waals surface area contributed by atoms with Gasteiger partial charge >= 0.3 is 0 Å². The zero-order valence-corrected chi connectivity index (χ0v) is 12.1. The minimum Gasteiger partial charge on any atom is -0.396 e. The van der Waals surface area contributed by atoms with Crippen LogP contribution < -0.4 is 5.32 Å². The summed E-state index contributed by atoms with van der Waals surface area (Å²) in [7, 11) is 0. The van der Waals surface area contributed by atoms with Crippen molar-refractivity contribution in [2.45, 2.75) is 50.5 Å². The van der Waals surface area contributed by atoms with E-state index < -0.39 is 0 Å². The van der Waals surface area contributed by atoms with Crippen molar-refractivity contribution in [1.82, 2.24) is 19.8 Å². The van der Waals surface area contributed by atoms with Crippen molar-refractivity contribution in [2.75, 3.05) is 11.9 Å². The number of hydrogen-bond donors (Lipinski definition) is 2. The molecule has 4 rings (SSSR count). The second-order valence-corrected chi connectivity index (χ2v) is 6.41. The van der Waals surface area contributed by atoms with Gasteiger partial charge in [-0.1, -0.05) is 6.42 Å². The third-order valence-electron chi connectivity index (χ3n) is 4.68. The largest absolute Gasteiger partial charge is 0.396 e. The van der Waals surface area contributed by atoms with Crippen LogP contribution in [0.5, 0.6) is 0 Å². The molecule has 0 unspecified atom stereocenters. The average molecular weight is 287 g/mol. The third-order valence-corrected chi connectivity index (χ3v) is 4.68. The van der Waals surface area contributed by atoms with Crippen LogP contribution >= 0.6 is 0 Å². The third kappa shape index (κ3) is 2.60. The van der Waals surface area contributed by atoms with Crippen molar-refractivity contribution in [2.24, 2.45) is 5.92 Å². The molecule has 21 heavy (non-hydrogen) atoms. The Kier molecular flexibility index (Phi) is 3.25. The van der Waals surface area contributed by atoms with Gasteiger partial charge < -0.3 is 10.4 Å². The molecule has 0 spiro atoms. The second kappa shape index (κ2) is 5.26. The molecule has 2 aromatic rings. The lowest BCUT2D eigenvalue weighted by atomic mass is 9.86. The second-order valence-electron chi connectivity index (χ2n) is 6.41. The minimum atomic E-state index is 0.294. The maximum Gasteiger partial charge on any atom is 0.200 e. The Morgan fingerprint density at radius 3 is 3.00 bits per heavy atom. The molecule has 0 amide bonds. The molecule has 0 aliphatic heterocycles. The molecule has 112 valence electrons. The Labute approximate surface area is 123 Å². The van der Waals surface area contributed by atoms with Gasteiger partial charge in [0.15, 0.2) is 0 Å². The quantitative estimate of drug-likeness (QED) is 0.899. The van der Waals surface area contributed by atoms with Crippen molar-refractivity contribution in [3.8, 4) is 0 Å². The Morgan fingerprint density at radius 1 is 1.29 bits per heavy atom. The Hall–Kier alpha value is -1.69. The summed E-state index contributed by atoms with van der Waals surface area (Å²) in [6.45, 7) is 0.294. The van der Waals surface area contributed by atoms with E-state index in [9.17, 15) is 5.11 Å². The summed E-state index contributed by atoms with van der Waals surface area (Å²) in [5.74, 6) is 1.03. The SMILES string of the molecule is OC[C@@H]1CCC[C@@H](Nc2cc(C3CC3)nn3cnnc23)C1. The highest BCUT2D eigenvalue weighted by Gasteiger charge is 2.28.